The fraction of sp³-hybridized carbons (Fsp3) is 0.214. The monoisotopic (exact) mass is 481 g/mol. The number of aryl methyl sites for hydroxylation is 1. The summed E-state index contributed by atoms with van der Waals surface area (Å²) in [6.45, 7) is 2.39. The molecule has 2 aliphatic rings. The highest BCUT2D eigenvalue weighted by atomic mass is 16.8. The number of nitrogens with one attached hydrogen (secondary N) is 1. The number of hydrogen-bond donors (Lipinski definition) is 2. The van der Waals surface area contributed by atoms with Gasteiger partial charge in [0.1, 0.15) is 12.6 Å². The zero-order valence-electron chi connectivity index (χ0n) is 19.7. The number of benzene rings is 3. The summed E-state index contributed by atoms with van der Waals surface area (Å²) < 4.78 is 0. The topological polar surface area (TPSA) is 103 Å². The minimum atomic E-state index is -0.637. The molecule has 1 saturated heterocycles. The quantitative estimate of drug-likeness (QED) is 0.428. The van der Waals surface area contributed by atoms with Crippen molar-refractivity contribution in [1.82, 2.24) is 14.8 Å². The minimum Gasteiger partial charge on any atom is -0.733 e. The summed E-state index contributed by atoms with van der Waals surface area (Å²) in [5.74, 6) is -0.202. The van der Waals surface area contributed by atoms with E-state index in [4.69, 9.17) is 0 Å². The zero-order valence-corrected chi connectivity index (χ0v) is 19.7. The number of para-hydroxylation sites is 1. The molecule has 8 heteroatoms. The van der Waals surface area contributed by atoms with Crippen LogP contribution in [0.15, 0.2) is 72.8 Å². The fourth-order valence-electron chi connectivity index (χ4n) is 5.50. The van der Waals surface area contributed by atoms with Gasteiger partial charge in [0, 0.05) is 29.6 Å². The van der Waals surface area contributed by atoms with Crippen molar-refractivity contribution in [2.24, 2.45) is 0 Å². The van der Waals surface area contributed by atoms with Crippen molar-refractivity contribution in [1.29, 1.82) is 0 Å². The molecule has 3 heterocycles. The number of carbonyl (C=O) groups excluding carboxylic acids is 2. The summed E-state index contributed by atoms with van der Waals surface area (Å²) in [4.78, 5) is 34.3. The Balaban J connectivity index is 1.43. The molecule has 2 amide bonds. The number of anilines is 1. The standard InChI is InChI=1S/C28H25N4O4/c1-17-6-8-18(9-7-17)15-30-16-25(33)31-24(28(30)34)14-22-21-4-2-3-5-23(21)29-26(22)27(31)19-10-12-20(13-11-19)32(35)36/h2-13,24,27,29,35H,14-16H2,1H3/q-1. The molecule has 2 N–H and O–H groups in total. The summed E-state index contributed by atoms with van der Waals surface area (Å²) in [6.07, 6.45) is 0.424. The molecule has 0 aliphatic carbocycles. The highest BCUT2D eigenvalue weighted by molar-refractivity contribution is 5.97. The molecule has 0 spiro atoms. The number of aromatic amines is 1. The third kappa shape index (κ3) is 3.62. The summed E-state index contributed by atoms with van der Waals surface area (Å²) in [6, 6.07) is 21.2. The molecule has 182 valence electrons. The van der Waals surface area contributed by atoms with E-state index in [2.05, 4.69) is 4.98 Å². The first-order chi connectivity index (χ1) is 17.4. The molecule has 2 atom stereocenters. The highest BCUT2D eigenvalue weighted by Crippen LogP contribution is 2.43. The van der Waals surface area contributed by atoms with Gasteiger partial charge in [-0.1, -0.05) is 60.2 Å². The van der Waals surface area contributed by atoms with Crippen LogP contribution in [0.3, 0.4) is 0 Å². The van der Waals surface area contributed by atoms with Gasteiger partial charge < -0.3 is 25.2 Å². The Morgan fingerprint density at radius 2 is 1.75 bits per heavy atom. The molecule has 3 aromatic carbocycles. The molecule has 2 unspecified atom stereocenters. The Bertz CT molecular complexity index is 1460. The summed E-state index contributed by atoms with van der Waals surface area (Å²) in [5, 5.41) is 21.4. The number of carbonyl (C=O) groups is 2. The molecular weight excluding hydrogens is 456 g/mol. The number of fused-ring (bicyclic) bond motifs is 4. The van der Waals surface area contributed by atoms with Gasteiger partial charge in [-0.3, -0.25) is 14.8 Å². The first-order valence-corrected chi connectivity index (χ1v) is 11.9. The average Bonchev–Trinajstić information content (AvgIpc) is 3.25. The molecular formula is C28H25N4O4-. The van der Waals surface area contributed by atoms with Crippen molar-refractivity contribution in [2.75, 3.05) is 11.8 Å². The van der Waals surface area contributed by atoms with E-state index in [0.717, 1.165) is 38.9 Å². The van der Waals surface area contributed by atoms with Gasteiger partial charge in [-0.25, -0.2) is 0 Å². The predicted molar refractivity (Wildman–Crippen MR) is 135 cm³/mol. The van der Waals surface area contributed by atoms with Crippen molar-refractivity contribution in [3.05, 3.63) is 106 Å². The smallest absolute Gasteiger partial charge is 0.246 e. The van der Waals surface area contributed by atoms with E-state index in [1.807, 2.05) is 55.5 Å². The van der Waals surface area contributed by atoms with Gasteiger partial charge in [0.15, 0.2) is 0 Å². The van der Waals surface area contributed by atoms with Crippen LogP contribution >= 0.6 is 0 Å². The van der Waals surface area contributed by atoms with Crippen molar-refractivity contribution in [2.45, 2.75) is 32.0 Å². The molecule has 0 radical (unpaired) electrons. The third-order valence-corrected chi connectivity index (χ3v) is 7.27. The molecule has 1 aromatic heterocycles. The van der Waals surface area contributed by atoms with Crippen molar-refractivity contribution in [3.8, 4) is 0 Å². The number of hydrogen-bond acceptors (Lipinski definition) is 5. The number of aromatic nitrogens is 1. The second-order valence-electron chi connectivity index (χ2n) is 9.53. The highest BCUT2D eigenvalue weighted by Gasteiger charge is 2.48. The molecule has 36 heavy (non-hydrogen) atoms. The number of amides is 2. The maximum atomic E-state index is 13.8. The van der Waals surface area contributed by atoms with Crippen LogP contribution in [0.25, 0.3) is 10.9 Å². The van der Waals surface area contributed by atoms with E-state index < -0.39 is 12.1 Å². The third-order valence-electron chi connectivity index (χ3n) is 7.27. The van der Waals surface area contributed by atoms with E-state index in [9.17, 15) is 20.0 Å². The van der Waals surface area contributed by atoms with Crippen LogP contribution < -0.4 is 5.23 Å². The zero-order chi connectivity index (χ0) is 25.0. The van der Waals surface area contributed by atoms with Crippen molar-refractivity contribution >= 4 is 28.4 Å². The molecule has 8 nitrogen and oxygen atoms in total. The summed E-state index contributed by atoms with van der Waals surface area (Å²) >= 11 is 0. The molecule has 4 aromatic rings. The number of H-pyrrole nitrogens is 1. The van der Waals surface area contributed by atoms with E-state index in [1.165, 1.54) is 12.1 Å². The van der Waals surface area contributed by atoms with Crippen molar-refractivity contribution in [3.63, 3.8) is 0 Å². The van der Waals surface area contributed by atoms with E-state index in [1.54, 1.807) is 21.9 Å². The van der Waals surface area contributed by atoms with Crippen LogP contribution in [0.1, 0.15) is 34.0 Å². The minimum absolute atomic E-state index is 0.00165. The van der Waals surface area contributed by atoms with E-state index in [0.29, 0.717) is 13.0 Å². The van der Waals surface area contributed by atoms with Gasteiger partial charge in [0.25, 0.3) is 0 Å². The van der Waals surface area contributed by atoms with E-state index >= 15 is 0 Å². The number of piperazine rings is 1. The van der Waals surface area contributed by atoms with Gasteiger partial charge in [-0.05, 0) is 41.8 Å². The lowest BCUT2D eigenvalue weighted by molar-refractivity contribution is -0.159. The Morgan fingerprint density at radius 3 is 2.47 bits per heavy atom. The predicted octanol–water partition coefficient (Wildman–Crippen LogP) is 4.05. The Labute approximate surface area is 207 Å². The number of rotatable bonds is 4. The van der Waals surface area contributed by atoms with Gasteiger partial charge >= 0.3 is 0 Å². The molecule has 6 rings (SSSR count). The molecule has 0 bridgehead atoms. The lowest BCUT2D eigenvalue weighted by Gasteiger charge is -2.47. The first kappa shape index (κ1) is 22.3. The number of nitrogens with zero attached hydrogens (tertiary/aromatic N) is 3. The van der Waals surface area contributed by atoms with Crippen LogP contribution in [-0.4, -0.2) is 44.4 Å². The summed E-state index contributed by atoms with van der Waals surface area (Å²) in [7, 11) is 0. The maximum Gasteiger partial charge on any atom is 0.246 e. The van der Waals surface area contributed by atoms with Crippen LogP contribution in [-0.2, 0) is 22.6 Å². The average molecular weight is 482 g/mol. The maximum absolute atomic E-state index is 13.8. The Hall–Kier alpha value is -4.14. The second kappa shape index (κ2) is 8.51. The van der Waals surface area contributed by atoms with Crippen LogP contribution in [0, 0.1) is 12.1 Å². The van der Waals surface area contributed by atoms with Gasteiger partial charge in [-0.2, -0.15) is 0 Å². The molecule has 0 saturated carbocycles. The summed E-state index contributed by atoms with van der Waals surface area (Å²) in [5.41, 5.74) is 5.81. The van der Waals surface area contributed by atoms with Crippen LogP contribution in [0.2, 0.25) is 0 Å². The van der Waals surface area contributed by atoms with Gasteiger partial charge in [0.05, 0.1) is 11.7 Å². The Morgan fingerprint density at radius 1 is 1.03 bits per heavy atom. The second-order valence-corrected chi connectivity index (χ2v) is 9.53. The van der Waals surface area contributed by atoms with Crippen LogP contribution in [0.5, 0.6) is 0 Å². The van der Waals surface area contributed by atoms with Gasteiger partial charge in [-0.15, -0.1) is 0 Å². The fourth-order valence-corrected chi connectivity index (χ4v) is 5.50. The largest absolute Gasteiger partial charge is 0.733 e. The Kier molecular flexibility index (Phi) is 5.28. The van der Waals surface area contributed by atoms with Gasteiger partial charge in [0.2, 0.25) is 11.8 Å². The lowest BCUT2D eigenvalue weighted by atomic mass is 9.86. The van der Waals surface area contributed by atoms with Crippen molar-refractivity contribution < 1.29 is 14.8 Å². The molecule has 1 fully saturated rings. The SMILES string of the molecule is Cc1ccc(CN2CC(=O)N3C(Cc4c([nH]c5ccccc45)C3c3ccc(N([O-])O)cc3)C2=O)cc1. The van der Waals surface area contributed by atoms with E-state index in [-0.39, 0.29) is 29.3 Å². The normalized spacial score (nSPS) is 19.4. The first-order valence-electron chi connectivity index (χ1n) is 11.9. The lowest BCUT2D eigenvalue weighted by Crippen LogP contribution is -2.62. The van der Waals surface area contributed by atoms with Crippen LogP contribution in [0.4, 0.5) is 5.69 Å². The molecule has 2 aliphatic heterocycles.